The Labute approximate surface area is 234 Å². The van der Waals surface area contributed by atoms with Crippen molar-refractivity contribution in [2.75, 3.05) is 39.3 Å². The van der Waals surface area contributed by atoms with Gasteiger partial charge in [-0.25, -0.2) is 0 Å². The van der Waals surface area contributed by atoms with Crippen LogP contribution in [0.3, 0.4) is 0 Å². The number of hydrogen-bond acceptors (Lipinski definition) is 5. The molecule has 3 aliphatic heterocycles. The van der Waals surface area contributed by atoms with E-state index in [1.807, 2.05) is 14.7 Å². The van der Waals surface area contributed by atoms with Crippen LogP contribution < -0.4 is 0 Å². The average Bonchev–Trinajstić information content (AvgIpc) is 3.46. The van der Waals surface area contributed by atoms with Gasteiger partial charge in [-0.3, -0.25) is 14.4 Å². The highest BCUT2D eigenvalue weighted by atomic mass is 32.2. The SMILES string of the molecule is C=CCN(CCCC)C(=O)C1N(CCCCCCO)C(=O)[C@@H]2[C@H](C(=O)N(CC=C)CCC)[C@]3(C)CCC12S3. The van der Waals surface area contributed by atoms with E-state index in [1.54, 1.807) is 23.9 Å². The maximum absolute atomic E-state index is 14.3. The monoisotopic (exact) mass is 547 g/mol. The van der Waals surface area contributed by atoms with Gasteiger partial charge in [-0.2, -0.15) is 0 Å². The minimum atomic E-state index is -0.577. The van der Waals surface area contributed by atoms with E-state index in [-0.39, 0.29) is 29.1 Å². The van der Waals surface area contributed by atoms with Gasteiger partial charge in [0, 0.05) is 44.1 Å². The summed E-state index contributed by atoms with van der Waals surface area (Å²) in [7, 11) is 0. The number of carbonyl (C=O) groups is 3. The lowest BCUT2D eigenvalue weighted by Crippen LogP contribution is -2.55. The number of thioether (sulfide) groups is 1. The summed E-state index contributed by atoms with van der Waals surface area (Å²) >= 11 is 1.75. The van der Waals surface area contributed by atoms with Crippen molar-refractivity contribution in [3.63, 3.8) is 0 Å². The third-order valence-corrected chi connectivity index (χ3v) is 10.7. The molecule has 2 bridgehead atoms. The summed E-state index contributed by atoms with van der Waals surface area (Å²) in [4.78, 5) is 48.2. The lowest BCUT2D eigenvalue weighted by atomic mass is 9.66. The highest BCUT2D eigenvalue weighted by molar-refractivity contribution is 8.02. The number of unbranched alkanes of at least 4 members (excludes halogenated alkanes) is 4. The van der Waals surface area contributed by atoms with Crippen LogP contribution in [-0.2, 0) is 14.4 Å². The van der Waals surface area contributed by atoms with Crippen LogP contribution in [0.2, 0.25) is 0 Å². The molecule has 0 saturated carbocycles. The summed E-state index contributed by atoms with van der Waals surface area (Å²) in [6.07, 6.45) is 11.2. The molecule has 0 aliphatic carbocycles. The second-order valence-corrected chi connectivity index (χ2v) is 13.3. The molecule has 0 aromatic heterocycles. The second kappa shape index (κ2) is 13.5. The molecule has 8 heteroatoms. The molecule has 3 aliphatic rings. The van der Waals surface area contributed by atoms with E-state index in [4.69, 9.17) is 5.11 Å². The van der Waals surface area contributed by atoms with Crippen molar-refractivity contribution < 1.29 is 19.5 Å². The second-order valence-electron chi connectivity index (χ2n) is 11.4. The first-order valence-corrected chi connectivity index (χ1v) is 15.5. The quantitative estimate of drug-likeness (QED) is 0.217. The van der Waals surface area contributed by atoms with Crippen LogP contribution in [0.1, 0.15) is 78.6 Å². The van der Waals surface area contributed by atoms with E-state index in [0.717, 1.165) is 57.8 Å². The molecule has 3 fully saturated rings. The maximum atomic E-state index is 14.3. The maximum Gasteiger partial charge on any atom is 0.247 e. The molecule has 3 rings (SSSR count). The Morgan fingerprint density at radius 1 is 1.00 bits per heavy atom. The molecule has 0 aromatic carbocycles. The van der Waals surface area contributed by atoms with Crippen molar-refractivity contribution >= 4 is 29.5 Å². The topological polar surface area (TPSA) is 81.2 Å². The Morgan fingerprint density at radius 2 is 1.66 bits per heavy atom. The highest BCUT2D eigenvalue weighted by Gasteiger charge is 2.77. The third kappa shape index (κ3) is 5.72. The van der Waals surface area contributed by atoms with Gasteiger partial charge in [-0.1, -0.05) is 45.3 Å². The minimum Gasteiger partial charge on any atom is -0.396 e. The largest absolute Gasteiger partial charge is 0.396 e. The molecule has 38 heavy (non-hydrogen) atoms. The molecule has 5 atom stereocenters. The average molecular weight is 548 g/mol. The number of aliphatic hydroxyl groups excluding tert-OH is 1. The number of nitrogens with zero attached hydrogens (tertiary/aromatic N) is 3. The van der Waals surface area contributed by atoms with Crippen molar-refractivity contribution in [2.24, 2.45) is 11.8 Å². The fraction of sp³-hybridized carbons (Fsp3) is 0.767. The predicted octanol–water partition coefficient (Wildman–Crippen LogP) is 4.26. The van der Waals surface area contributed by atoms with Crippen LogP contribution >= 0.6 is 11.8 Å². The Bertz CT molecular complexity index is 882. The molecule has 3 heterocycles. The Morgan fingerprint density at radius 3 is 2.26 bits per heavy atom. The van der Waals surface area contributed by atoms with E-state index in [1.165, 1.54) is 0 Å². The first kappa shape index (κ1) is 30.7. The first-order valence-electron chi connectivity index (χ1n) is 14.7. The van der Waals surface area contributed by atoms with Gasteiger partial charge in [0.1, 0.15) is 6.04 Å². The zero-order chi connectivity index (χ0) is 27.9. The van der Waals surface area contributed by atoms with Crippen LogP contribution in [-0.4, -0.2) is 92.4 Å². The number of hydrogen-bond donors (Lipinski definition) is 1. The van der Waals surface area contributed by atoms with Crippen molar-refractivity contribution in [1.29, 1.82) is 0 Å². The molecule has 7 nitrogen and oxygen atoms in total. The zero-order valence-electron chi connectivity index (χ0n) is 23.8. The van der Waals surface area contributed by atoms with Crippen LogP contribution in [0, 0.1) is 11.8 Å². The Kier molecular flexibility index (Phi) is 10.9. The van der Waals surface area contributed by atoms with Gasteiger partial charge in [0.15, 0.2) is 0 Å². The molecular weight excluding hydrogens is 498 g/mol. The van der Waals surface area contributed by atoms with Crippen LogP contribution in [0.25, 0.3) is 0 Å². The van der Waals surface area contributed by atoms with Gasteiger partial charge >= 0.3 is 0 Å². The van der Waals surface area contributed by atoms with Crippen LogP contribution in [0.15, 0.2) is 25.3 Å². The van der Waals surface area contributed by atoms with E-state index >= 15 is 0 Å². The van der Waals surface area contributed by atoms with E-state index in [2.05, 4.69) is 33.9 Å². The molecular formula is C30H49N3O4S. The summed E-state index contributed by atoms with van der Waals surface area (Å²) in [5.74, 6) is -0.897. The summed E-state index contributed by atoms with van der Waals surface area (Å²) in [6, 6.07) is -0.557. The Hall–Kier alpha value is -1.80. The van der Waals surface area contributed by atoms with Crippen molar-refractivity contribution in [3.8, 4) is 0 Å². The first-order chi connectivity index (χ1) is 18.3. The summed E-state index contributed by atoms with van der Waals surface area (Å²) < 4.78 is -0.935. The smallest absolute Gasteiger partial charge is 0.247 e. The lowest BCUT2D eigenvalue weighted by molar-refractivity contribution is -0.145. The highest BCUT2D eigenvalue weighted by Crippen LogP contribution is 2.71. The van der Waals surface area contributed by atoms with E-state index in [0.29, 0.717) is 32.7 Å². The number of fused-ring (bicyclic) bond motifs is 1. The molecule has 3 amide bonds. The normalized spacial score (nSPS) is 29.4. The Balaban J connectivity index is 2.00. The number of amides is 3. The van der Waals surface area contributed by atoms with Crippen molar-refractivity contribution in [2.45, 2.75) is 94.1 Å². The molecule has 2 unspecified atom stereocenters. The molecule has 3 saturated heterocycles. The molecule has 1 spiro atoms. The van der Waals surface area contributed by atoms with Gasteiger partial charge < -0.3 is 19.8 Å². The molecule has 214 valence electrons. The van der Waals surface area contributed by atoms with Gasteiger partial charge in [-0.15, -0.1) is 24.9 Å². The fourth-order valence-corrected chi connectivity index (χ4v) is 9.30. The van der Waals surface area contributed by atoms with Crippen molar-refractivity contribution in [3.05, 3.63) is 25.3 Å². The summed E-state index contributed by atoms with van der Waals surface area (Å²) in [5, 5.41) is 9.15. The summed E-state index contributed by atoms with van der Waals surface area (Å²) in [6.45, 7) is 16.9. The van der Waals surface area contributed by atoms with E-state index < -0.39 is 22.6 Å². The van der Waals surface area contributed by atoms with Crippen LogP contribution in [0.5, 0.6) is 0 Å². The van der Waals surface area contributed by atoms with E-state index in [9.17, 15) is 14.4 Å². The fourth-order valence-electron chi connectivity index (χ4n) is 6.95. The standard InChI is InChI=1S/C30H49N3O4S/c1-6-10-20-32(19-9-4)28(37)25-30-16-15-29(5,38-30)23(26(35)31(17-7-2)18-8-3)24(30)27(36)33(25)21-13-11-12-14-22-34/h7,9,23-25,34H,2,4,6,8,10-22H2,1,3,5H3/t23-,24+,25?,29+,30?/m1/s1. The van der Waals surface area contributed by atoms with Gasteiger partial charge in [-0.05, 0) is 45.4 Å². The van der Waals surface area contributed by atoms with Crippen LogP contribution in [0.4, 0.5) is 0 Å². The minimum absolute atomic E-state index is 0.00548. The van der Waals surface area contributed by atoms with Gasteiger partial charge in [0.2, 0.25) is 17.7 Å². The molecule has 0 aromatic rings. The molecule has 1 N–H and O–H groups in total. The summed E-state index contributed by atoms with van der Waals surface area (Å²) in [5.41, 5.74) is 0. The predicted molar refractivity (Wildman–Crippen MR) is 155 cm³/mol. The number of aliphatic hydroxyl groups is 1. The number of rotatable bonds is 17. The molecule has 0 radical (unpaired) electrons. The lowest BCUT2D eigenvalue weighted by Gasteiger charge is -2.38. The number of carbonyl (C=O) groups excluding carboxylic acids is 3. The van der Waals surface area contributed by atoms with Crippen molar-refractivity contribution in [1.82, 2.24) is 14.7 Å². The third-order valence-electron chi connectivity index (χ3n) is 8.68. The number of likely N-dealkylation sites (tertiary alicyclic amines) is 1. The van der Waals surface area contributed by atoms with Gasteiger partial charge in [0.05, 0.1) is 16.6 Å². The van der Waals surface area contributed by atoms with Gasteiger partial charge in [0.25, 0.3) is 0 Å². The zero-order valence-corrected chi connectivity index (χ0v) is 24.6.